The highest BCUT2D eigenvalue weighted by Crippen LogP contribution is 2.35. The summed E-state index contributed by atoms with van der Waals surface area (Å²) >= 11 is 0. The van der Waals surface area contributed by atoms with Crippen molar-refractivity contribution in [1.82, 2.24) is 5.32 Å². The van der Waals surface area contributed by atoms with E-state index in [-0.39, 0.29) is 5.92 Å². The molecule has 1 saturated carbocycles. The maximum Gasteiger partial charge on any atom is 0.306 e. The minimum atomic E-state index is -0.589. The Hall–Kier alpha value is -0.570. The van der Waals surface area contributed by atoms with Crippen LogP contribution in [0.4, 0.5) is 0 Å². The second-order valence-electron chi connectivity index (χ2n) is 3.89. The molecule has 2 rings (SSSR count). The third-order valence-corrected chi connectivity index (χ3v) is 3.27. The van der Waals surface area contributed by atoms with E-state index in [2.05, 4.69) is 5.32 Å². The van der Waals surface area contributed by atoms with Crippen molar-refractivity contribution in [1.29, 1.82) is 0 Å². The molecule has 1 unspecified atom stereocenters. The monoisotopic (exact) mass is 169 g/mol. The van der Waals surface area contributed by atoms with Crippen molar-refractivity contribution < 1.29 is 9.90 Å². The average Bonchev–Trinajstić information content (AvgIpc) is 2.49. The second-order valence-corrected chi connectivity index (χ2v) is 3.89. The molecule has 0 spiro atoms. The first kappa shape index (κ1) is 8.05. The Labute approximate surface area is 72.2 Å². The summed E-state index contributed by atoms with van der Waals surface area (Å²) in [6.45, 7) is 1.01. The average molecular weight is 169 g/mol. The zero-order chi connectivity index (χ0) is 8.55. The number of fused-ring (bicyclic) bond motifs is 1. The summed E-state index contributed by atoms with van der Waals surface area (Å²) in [5.74, 6) is -0.247. The van der Waals surface area contributed by atoms with Crippen LogP contribution < -0.4 is 5.32 Å². The maximum absolute atomic E-state index is 10.9. The van der Waals surface area contributed by atoms with E-state index in [0.29, 0.717) is 12.0 Å². The zero-order valence-electron chi connectivity index (χ0n) is 7.12. The lowest BCUT2D eigenvalue weighted by Crippen LogP contribution is -2.38. The summed E-state index contributed by atoms with van der Waals surface area (Å²) in [6.07, 6.45) is 4.19. The van der Waals surface area contributed by atoms with Gasteiger partial charge in [-0.15, -0.1) is 0 Å². The van der Waals surface area contributed by atoms with E-state index in [0.717, 1.165) is 25.8 Å². The van der Waals surface area contributed by atoms with Gasteiger partial charge in [-0.05, 0) is 31.7 Å². The summed E-state index contributed by atoms with van der Waals surface area (Å²) in [4.78, 5) is 10.9. The van der Waals surface area contributed by atoms with Crippen LogP contribution in [-0.4, -0.2) is 23.7 Å². The van der Waals surface area contributed by atoms with Gasteiger partial charge in [0.2, 0.25) is 0 Å². The van der Waals surface area contributed by atoms with Crippen LogP contribution in [0.5, 0.6) is 0 Å². The minimum absolute atomic E-state index is 0.0706. The van der Waals surface area contributed by atoms with E-state index in [1.54, 1.807) is 0 Å². The van der Waals surface area contributed by atoms with Gasteiger partial charge in [0, 0.05) is 6.04 Å². The lowest BCUT2D eigenvalue weighted by Gasteiger charge is -2.30. The first-order valence-electron chi connectivity index (χ1n) is 4.75. The van der Waals surface area contributed by atoms with Crippen LogP contribution >= 0.6 is 0 Å². The third-order valence-electron chi connectivity index (χ3n) is 3.27. The molecule has 3 nitrogen and oxygen atoms in total. The maximum atomic E-state index is 10.9. The molecule has 0 aromatic heterocycles. The number of carboxylic acid groups (broad SMARTS) is 1. The third kappa shape index (κ3) is 1.22. The van der Waals surface area contributed by atoms with Gasteiger partial charge in [-0.1, -0.05) is 6.42 Å². The Bertz CT molecular complexity index is 193. The predicted octanol–water partition coefficient (Wildman–Crippen LogP) is 0.849. The molecule has 0 aromatic rings. The minimum Gasteiger partial charge on any atom is -0.481 e. The second kappa shape index (κ2) is 3.05. The molecule has 1 aliphatic carbocycles. The molecule has 1 heterocycles. The summed E-state index contributed by atoms with van der Waals surface area (Å²) in [7, 11) is 0. The van der Waals surface area contributed by atoms with Crippen LogP contribution in [0.25, 0.3) is 0 Å². The molecule has 0 radical (unpaired) electrons. The topological polar surface area (TPSA) is 49.3 Å². The van der Waals surface area contributed by atoms with Crippen molar-refractivity contribution >= 4 is 5.97 Å². The normalized spacial score (nSPS) is 40.8. The van der Waals surface area contributed by atoms with Gasteiger partial charge >= 0.3 is 5.97 Å². The number of aliphatic carboxylic acids is 1. The van der Waals surface area contributed by atoms with Crippen LogP contribution in [0.1, 0.15) is 25.7 Å². The molecule has 68 valence electrons. The van der Waals surface area contributed by atoms with E-state index < -0.39 is 5.97 Å². The van der Waals surface area contributed by atoms with Crippen molar-refractivity contribution in [3.63, 3.8) is 0 Å². The first-order chi connectivity index (χ1) is 5.79. The molecule has 12 heavy (non-hydrogen) atoms. The first-order valence-corrected chi connectivity index (χ1v) is 4.75. The highest BCUT2D eigenvalue weighted by atomic mass is 16.4. The fourth-order valence-electron chi connectivity index (χ4n) is 2.66. The Morgan fingerprint density at radius 1 is 1.33 bits per heavy atom. The molecule has 3 heteroatoms. The van der Waals surface area contributed by atoms with Gasteiger partial charge in [-0.3, -0.25) is 4.79 Å². The van der Waals surface area contributed by atoms with Gasteiger partial charge in [0.25, 0.3) is 0 Å². The van der Waals surface area contributed by atoms with Gasteiger partial charge in [0.1, 0.15) is 0 Å². The molecular formula is C9H15NO2. The lowest BCUT2D eigenvalue weighted by molar-refractivity contribution is -0.145. The zero-order valence-corrected chi connectivity index (χ0v) is 7.12. The summed E-state index contributed by atoms with van der Waals surface area (Å²) in [5, 5.41) is 12.3. The van der Waals surface area contributed by atoms with E-state index in [1.807, 2.05) is 0 Å². The van der Waals surface area contributed by atoms with E-state index >= 15 is 0 Å². The SMILES string of the molecule is O=C(O)C1CCC[C@@H]2NCC[C@H]12. The molecule has 0 amide bonds. The highest BCUT2D eigenvalue weighted by Gasteiger charge is 2.39. The Morgan fingerprint density at radius 3 is 2.92 bits per heavy atom. The van der Waals surface area contributed by atoms with Crippen molar-refractivity contribution in [2.24, 2.45) is 11.8 Å². The molecule has 2 aliphatic rings. The summed E-state index contributed by atoms with van der Waals surface area (Å²) in [5.41, 5.74) is 0. The van der Waals surface area contributed by atoms with Crippen LogP contribution in [-0.2, 0) is 4.79 Å². The van der Waals surface area contributed by atoms with Crippen LogP contribution in [0.3, 0.4) is 0 Å². The van der Waals surface area contributed by atoms with E-state index in [9.17, 15) is 4.79 Å². The molecule has 2 N–H and O–H groups in total. The fraction of sp³-hybridized carbons (Fsp3) is 0.889. The molecular weight excluding hydrogens is 154 g/mol. The number of carbonyl (C=O) groups is 1. The molecule has 1 aliphatic heterocycles. The standard InChI is InChI=1S/C9H15NO2/c11-9(12)7-2-1-3-8-6(7)4-5-10-8/h6-8,10H,1-5H2,(H,11,12)/t6-,7?,8+/m1/s1. The number of rotatable bonds is 1. The molecule has 0 aromatic carbocycles. The van der Waals surface area contributed by atoms with Crippen molar-refractivity contribution in [2.75, 3.05) is 6.54 Å². The molecule has 3 atom stereocenters. The van der Waals surface area contributed by atoms with E-state index in [4.69, 9.17) is 5.11 Å². The van der Waals surface area contributed by atoms with Crippen molar-refractivity contribution in [3.8, 4) is 0 Å². The lowest BCUT2D eigenvalue weighted by atomic mass is 9.76. The van der Waals surface area contributed by atoms with Gasteiger partial charge in [-0.25, -0.2) is 0 Å². The Kier molecular flexibility index (Phi) is 2.05. The van der Waals surface area contributed by atoms with Crippen molar-refractivity contribution in [2.45, 2.75) is 31.7 Å². The fourth-order valence-corrected chi connectivity index (χ4v) is 2.66. The number of hydrogen-bond acceptors (Lipinski definition) is 2. The highest BCUT2D eigenvalue weighted by molar-refractivity contribution is 5.70. The number of hydrogen-bond donors (Lipinski definition) is 2. The molecule has 0 bridgehead atoms. The van der Waals surface area contributed by atoms with Crippen LogP contribution in [0, 0.1) is 11.8 Å². The quantitative estimate of drug-likeness (QED) is 0.611. The molecule has 2 fully saturated rings. The summed E-state index contributed by atoms with van der Waals surface area (Å²) in [6, 6.07) is 0.500. The van der Waals surface area contributed by atoms with Gasteiger partial charge < -0.3 is 10.4 Å². The van der Waals surface area contributed by atoms with Crippen LogP contribution in [0.15, 0.2) is 0 Å². The number of nitrogens with one attached hydrogen (secondary N) is 1. The molecule has 1 saturated heterocycles. The Morgan fingerprint density at radius 2 is 2.17 bits per heavy atom. The van der Waals surface area contributed by atoms with Gasteiger partial charge in [0.05, 0.1) is 5.92 Å². The predicted molar refractivity (Wildman–Crippen MR) is 44.9 cm³/mol. The Balaban J connectivity index is 2.08. The van der Waals surface area contributed by atoms with E-state index in [1.165, 1.54) is 6.42 Å². The van der Waals surface area contributed by atoms with Gasteiger partial charge in [0.15, 0.2) is 0 Å². The van der Waals surface area contributed by atoms with Crippen LogP contribution in [0.2, 0.25) is 0 Å². The van der Waals surface area contributed by atoms with Crippen molar-refractivity contribution in [3.05, 3.63) is 0 Å². The number of carboxylic acids is 1. The smallest absolute Gasteiger partial charge is 0.306 e. The largest absolute Gasteiger partial charge is 0.481 e. The van der Waals surface area contributed by atoms with Gasteiger partial charge in [-0.2, -0.15) is 0 Å². The summed E-state index contributed by atoms with van der Waals surface area (Å²) < 4.78 is 0.